The second-order valence-electron chi connectivity index (χ2n) is 4.95. The number of nitrogens with zero attached hydrogens (tertiary/aromatic N) is 3. The van der Waals surface area contributed by atoms with Crippen molar-refractivity contribution in [3.63, 3.8) is 0 Å². The topological polar surface area (TPSA) is 42.7 Å². The molecule has 2 aromatic rings. The van der Waals surface area contributed by atoms with E-state index in [2.05, 4.69) is 27.5 Å². The van der Waals surface area contributed by atoms with E-state index in [-0.39, 0.29) is 0 Å². The lowest BCUT2D eigenvalue weighted by Gasteiger charge is -2.09. The molecule has 2 aromatic heterocycles. The maximum atomic E-state index is 4.44. The van der Waals surface area contributed by atoms with Crippen LogP contribution in [0.5, 0.6) is 0 Å². The first-order valence-electron chi connectivity index (χ1n) is 6.47. The van der Waals surface area contributed by atoms with Gasteiger partial charge in [0.25, 0.3) is 0 Å². The lowest BCUT2D eigenvalue weighted by molar-refractivity contribution is 0.580. The van der Waals surface area contributed by atoms with Crippen LogP contribution in [0.4, 0.5) is 0 Å². The van der Waals surface area contributed by atoms with Crippen molar-refractivity contribution < 1.29 is 0 Å². The molecule has 0 aliphatic carbocycles. The van der Waals surface area contributed by atoms with E-state index in [1.54, 1.807) is 0 Å². The molecule has 3 heterocycles. The molecule has 0 saturated carbocycles. The highest BCUT2D eigenvalue weighted by Gasteiger charge is 2.15. The normalized spacial score (nSPS) is 19.3. The molecule has 1 N–H and O–H groups in total. The summed E-state index contributed by atoms with van der Waals surface area (Å²) in [7, 11) is 1.95. The molecule has 94 valence electrons. The Balaban J connectivity index is 1.82. The van der Waals surface area contributed by atoms with E-state index in [1.165, 1.54) is 12.0 Å². The minimum absolute atomic E-state index is 0.770. The lowest BCUT2D eigenvalue weighted by atomic mass is 9.99. The van der Waals surface area contributed by atoms with Crippen molar-refractivity contribution in [2.24, 2.45) is 13.0 Å². The summed E-state index contributed by atoms with van der Waals surface area (Å²) in [4.78, 5) is 4.44. The highest BCUT2D eigenvalue weighted by Crippen LogP contribution is 2.20. The minimum Gasteiger partial charge on any atom is -0.316 e. The Morgan fingerprint density at radius 3 is 3.06 bits per heavy atom. The van der Waals surface area contributed by atoms with E-state index in [1.807, 2.05) is 30.2 Å². The maximum absolute atomic E-state index is 4.44. The molecule has 0 radical (unpaired) electrons. The zero-order valence-electron chi connectivity index (χ0n) is 10.6. The number of rotatable bonds is 3. The Hall–Kier alpha value is -1.68. The van der Waals surface area contributed by atoms with Crippen LogP contribution >= 0.6 is 0 Å². The van der Waals surface area contributed by atoms with Gasteiger partial charge in [-0.05, 0) is 55.6 Å². The van der Waals surface area contributed by atoms with Gasteiger partial charge in [-0.2, -0.15) is 5.10 Å². The van der Waals surface area contributed by atoms with Crippen molar-refractivity contribution in [1.82, 2.24) is 20.1 Å². The number of hydrogen-bond acceptors (Lipinski definition) is 3. The molecule has 3 rings (SSSR count). The zero-order valence-corrected chi connectivity index (χ0v) is 10.6. The molecular formula is C14H18N4. The zero-order chi connectivity index (χ0) is 12.4. The molecule has 4 heteroatoms. The van der Waals surface area contributed by atoms with Crippen LogP contribution in [0.1, 0.15) is 12.0 Å². The fourth-order valence-corrected chi connectivity index (χ4v) is 2.59. The van der Waals surface area contributed by atoms with Gasteiger partial charge in [-0.3, -0.25) is 9.67 Å². The third-order valence-electron chi connectivity index (χ3n) is 3.59. The quantitative estimate of drug-likeness (QED) is 0.889. The highest BCUT2D eigenvalue weighted by molar-refractivity contribution is 5.54. The van der Waals surface area contributed by atoms with Gasteiger partial charge in [-0.25, -0.2) is 0 Å². The Bertz CT molecular complexity index is 526. The maximum Gasteiger partial charge on any atom is 0.0885 e. The summed E-state index contributed by atoms with van der Waals surface area (Å²) in [6, 6.07) is 6.32. The molecule has 1 aliphatic heterocycles. The van der Waals surface area contributed by atoms with Crippen LogP contribution in [0.25, 0.3) is 11.4 Å². The molecule has 0 bridgehead atoms. The van der Waals surface area contributed by atoms with Gasteiger partial charge in [0.05, 0.1) is 11.4 Å². The Morgan fingerprint density at radius 1 is 1.39 bits per heavy atom. The minimum atomic E-state index is 0.770. The van der Waals surface area contributed by atoms with Crippen molar-refractivity contribution in [2.45, 2.75) is 12.8 Å². The average molecular weight is 242 g/mol. The Labute approximate surface area is 107 Å². The number of aryl methyl sites for hydroxylation is 1. The van der Waals surface area contributed by atoms with Gasteiger partial charge in [-0.15, -0.1) is 0 Å². The largest absolute Gasteiger partial charge is 0.316 e. The smallest absolute Gasteiger partial charge is 0.0885 e. The van der Waals surface area contributed by atoms with Crippen molar-refractivity contribution in [1.29, 1.82) is 0 Å². The molecule has 1 atom stereocenters. The van der Waals surface area contributed by atoms with Crippen LogP contribution in [0.15, 0.2) is 30.6 Å². The lowest BCUT2D eigenvalue weighted by Crippen LogP contribution is -2.10. The van der Waals surface area contributed by atoms with E-state index >= 15 is 0 Å². The number of nitrogens with one attached hydrogen (secondary N) is 1. The summed E-state index contributed by atoms with van der Waals surface area (Å²) in [5.74, 6) is 0.770. The van der Waals surface area contributed by atoms with Crippen molar-refractivity contribution >= 4 is 0 Å². The highest BCUT2D eigenvalue weighted by atomic mass is 15.3. The van der Waals surface area contributed by atoms with Crippen LogP contribution in [0, 0.1) is 5.92 Å². The fourth-order valence-electron chi connectivity index (χ4n) is 2.59. The van der Waals surface area contributed by atoms with Gasteiger partial charge in [0, 0.05) is 19.4 Å². The van der Waals surface area contributed by atoms with E-state index < -0.39 is 0 Å². The van der Waals surface area contributed by atoms with Gasteiger partial charge in [0.15, 0.2) is 0 Å². The summed E-state index contributed by atoms with van der Waals surface area (Å²) in [6.45, 7) is 2.30. The summed E-state index contributed by atoms with van der Waals surface area (Å²) < 4.78 is 1.86. The summed E-state index contributed by atoms with van der Waals surface area (Å²) in [5.41, 5.74) is 3.45. The average Bonchev–Trinajstić information content (AvgIpc) is 3.01. The first kappa shape index (κ1) is 11.4. The fraction of sp³-hybridized carbons (Fsp3) is 0.429. The van der Waals surface area contributed by atoms with Crippen molar-refractivity contribution in [2.75, 3.05) is 13.1 Å². The Kier molecular flexibility index (Phi) is 3.11. The number of aromatic nitrogens is 3. The molecule has 0 spiro atoms. The summed E-state index contributed by atoms with van der Waals surface area (Å²) in [6.07, 6.45) is 6.13. The standard InChI is InChI=1S/C14H18N4/c1-18-14(4-7-17-18)13-9-11(3-6-16-13)8-12-2-5-15-10-12/h3-4,6-7,9,12,15H,2,5,8,10H2,1H3/t12-/m1/s1. The van der Waals surface area contributed by atoms with E-state index in [4.69, 9.17) is 0 Å². The predicted molar refractivity (Wildman–Crippen MR) is 71.1 cm³/mol. The van der Waals surface area contributed by atoms with Crippen LogP contribution in [0.3, 0.4) is 0 Å². The molecule has 1 aliphatic rings. The van der Waals surface area contributed by atoms with Gasteiger partial charge in [0.1, 0.15) is 0 Å². The van der Waals surface area contributed by atoms with E-state index in [0.29, 0.717) is 0 Å². The first-order valence-corrected chi connectivity index (χ1v) is 6.47. The third kappa shape index (κ3) is 2.29. The third-order valence-corrected chi connectivity index (χ3v) is 3.59. The molecule has 0 unspecified atom stereocenters. The van der Waals surface area contributed by atoms with Gasteiger partial charge < -0.3 is 5.32 Å². The van der Waals surface area contributed by atoms with E-state index in [9.17, 15) is 0 Å². The monoisotopic (exact) mass is 242 g/mol. The van der Waals surface area contributed by atoms with Crippen LogP contribution in [0.2, 0.25) is 0 Å². The first-order chi connectivity index (χ1) is 8.83. The van der Waals surface area contributed by atoms with E-state index in [0.717, 1.165) is 36.8 Å². The molecule has 1 fully saturated rings. The van der Waals surface area contributed by atoms with Crippen LogP contribution in [-0.2, 0) is 13.5 Å². The number of pyridine rings is 1. The van der Waals surface area contributed by atoms with Crippen molar-refractivity contribution in [3.8, 4) is 11.4 Å². The molecule has 0 aromatic carbocycles. The molecule has 4 nitrogen and oxygen atoms in total. The summed E-state index contributed by atoms with van der Waals surface area (Å²) in [5, 5.41) is 7.61. The van der Waals surface area contributed by atoms with Crippen LogP contribution in [-0.4, -0.2) is 27.9 Å². The van der Waals surface area contributed by atoms with Crippen LogP contribution < -0.4 is 5.32 Å². The van der Waals surface area contributed by atoms with Crippen molar-refractivity contribution in [3.05, 3.63) is 36.2 Å². The Morgan fingerprint density at radius 2 is 2.33 bits per heavy atom. The SMILES string of the molecule is Cn1nccc1-c1cc(C[C@H]2CCNC2)ccn1. The van der Waals surface area contributed by atoms with Gasteiger partial charge in [0.2, 0.25) is 0 Å². The van der Waals surface area contributed by atoms with Gasteiger partial charge in [-0.1, -0.05) is 0 Å². The number of hydrogen-bond donors (Lipinski definition) is 1. The summed E-state index contributed by atoms with van der Waals surface area (Å²) >= 11 is 0. The molecular weight excluding hydrogens is 224 g/mol. The molecule has 18 heavy (non-hydrogen) atoms. The molecule has 1 saturated heterocycles. The second-order valence-corrected chi connectivity index (χ2v) is 4.95. The predicted octanol–water partition coefficient (Wildman–Crippen LogP) is 1.63. The second kappa shape index (κ2) is 4.90. The van der Waals surface area contributed by atoms with Gasteiger partial charge >= 0.3 is 0 Å². The molecule has 0 amide bonds.